The summed E-state index contributed by atoms with van der Waals surface area (Å²) in [6.45, 7) is 4.11. The molecule has 1 N–H and O–H groups in total. The van der Waals surface area contributed by atoms with Crippen molar-refractivity contribution < 1.29 is 33.0 Å². The third-order valence-corrected chi connectivity index (χ3v) is 7.92. The van der Waals surface area contributed by atoms with Gasteiger partial charge in [0.15, 0.2) is 0 Å². The van der Waals surface area contributed by atoms with E-state index in [1.165, 1.54) is 50.5 Å². The first kappa shape index (κ1) is 30.7. The van der Waals surface area contributed by atoms with Gasteiger partial charge in [-0.3, -0.25) is 4.79 Å². The Bertz CT molecular complexity index is 1340. The molecule has 1 saturated heterocycles. The van der Waals surface area contributed by atoms with Crippen molar-refractivity contribution in [2.75, 3.05) is 47.5 Å². The van der Waals surface area contributed by atoms with Crippen LogP contribution in [0.5, 0.6) is 0 Å². The highest BCUT2D eigenvalue weighted by molar-refractivity contribution is 6.00. The van der Waals surface area contributed by atoms with Crippen molar-refractivity contribution in [3.63, 3.8) is 0 Å². The van der Waals surface area contributed by atoms with E-state index in [9.17, 15) is 18.8 Å². The number of amides is 2. The molecule has 0 bridgehead atoms. The fourth-order valence-electron chi connectivity index (χ4n) is 5.68. The lowest BCUT2D eigenvalue weighted by atomic mass is 9.72. The first-order chi connectivity index (χ1) is 20.2. The van der Waals surface area contributed by atoms with Crippen molar-refractivity contribution >= 4 is 24.0 Å². The topological polar surface area (TPSA) is 110 Å². The van der Waals surface area contributed by atoms with Gasteiger partial charge in [-0.25, -0.2) is 23.9 Å². The molecule has 2 aliphatic heterocycles. The number of likely N-dealkylation sites (tertiary alicyclic amines) is 1. The van der Waals surface area contributed by atoms with E-state index in [1.807, 2.05) is 30.3 Å². The number of carbonyl (C=O) groups is 3. The molecule has 0 saturated carbocycles. The molecular weight excluding hydrogens is 543 g/mol. The van der Waals surface area contributed by atoms with Crippen LogP contribution in [0.25, 0.3) is 0 Å². The van der Waals surface area contributed by atoms with E-state index < -0.39 is 29.3 Å². The maximum Gasteiger partial charge on any atom is 0.338 e. The number of hydrogen-bond donors (Lipinski definition) is 1. The lowest BCUT2D eigenvalue weighted by Crippen LogP contribution is -2.50. The fraction of sp³-hybridized carbons (Fsp3) is 0.419. The minimum Gasteiger partial charge on any atom is -0.468 e. The Hall–Kier alpha value is -4.25. The molecule has 2 amide bonds. The average molecular weight is 581 g/mol. The number of allylic oxidation sites excluding steroid dienone is 1. The largest absolute Gasteiger partial charge is 0.468 e. The van der Waals surface area contributed by atoms with Gasteiger partial charge in [0.2, 0.25) is 0 Å². The highest BCUT2D eigenvalue weighted by Crippen LogP contribution is 2.38. The second kappa shape index (κ2) is 13.6. The van der Waals surface area contributed by atoms with Gasteiger partial charge in [0.05, 0.1) is 38.0 Å². The molecule has 224 valence electrons. The molecule has 11 heteroatoms. The molecule has 1 fully saturated rings. The number of nitrogens with one attached hydrogen (secondary N) is 1. The summed E-state index contributed by atoms with van der Waals surface area (Å²) in [6.07, 6.45) is 1.92. The van der Waals surface area contributed by atoms with Crippen molar-refractivity contribution in [1.29, 1.82) is 0 Å². The van der Waals surface area contributed by atoms with Crippen molar-refractivity contribution in [3.8, 4) is 0 Å². The molecule has 0 aliphatic carbocycles. The van der Waals surface area contributed by atoms with Crippen molar-refractivity contribution in [3.05, 3.63) is 82.8 Å². The summed E-state index contributed by atoms with van der Waals surface area (Å²) in [6, 6.07) is 13.8. The summed E-state index contributed by atoms with van der Waals surface area (Å²) in [5.41, 5.74) is 1.29. The average Bonchev–Trinajstić information content (AvgIpc) is 3.02. The number of aliphatic imine (C=N–C) groups is 1. The number of urea groups is 1. The Morgan fingerprint density at radius 3 is 2.26 bits per heavy atom. The second-order valence-corrected chi connectivity index (χ2v) is 10.3. The van der Waals surface area contributed by atoms with Crippen LogP contribution in [0.3, 0.4) is 0 Å². The highest BCUT2D eigenvalue weighted by atomic mass is 19.1. The maximum atomic E-state index is 13.7. The second-order valence-electron chi connectivity index (χ2n) is 10.3. The Labute approximate surface area is 245 Å². The molecular formula is C31H37FN4O6. The number of piperidine rings is 1. The van der Waals surface area contributed by atoms with Gasteiger partial charge in [-0.2, -0.15) is 0 Å². The number of carbonyl (C=O) groups excluding carboxylic acids is 3. The van der Waals surface area contributed by atoms with E-state index in [0.717, 1.165) is 5.56 Å². The predicted molar refractivity (Wildman–Crippen MR) is 154 cm³/mol. The molecule has 2 heterocycles. The van der Waals surface area contributed by atoms with Crippen LogP contribution in [0, 0.1) is 5.82 Å². The van der Waals surface area contributed by atoms with Crippen LogP contribution in [0.4, 0.5) is 9.18 Å². The summed E-state index contributed by atoms with van der Waals surface area (Å²) in [7, 11) is 4.06. The number of methoxy groups -OCH3 is 3. The summed E-state index contributed by atoms with van der Waals surface area (Å²) in [5.74, 6) is -1.32. The number of hydrogen-bond acceptors (Lipinski definition) is 8. The lowest BCUT2D eigenvalue weighted by Gasteiger charge is -2.40. The van der Waals surface area contributed by atoms with Gasteiger partial charge in [-0.05, 0) is 69.1 Å². The van der Waals surface area contributed by atoms with Crippen LogP contribution in [-0.2, 0) is 29.2 Å². The van der Waals surface area contributed by atoms with E-state index in [-0.39, 0.29) is 17.6 Å². The quantitative estimate of drug-likeness (QED) is 0.372. The predicted octanol–water partition coefficient (Wildman–Crippen LogP) is 3.94. The van der Waals surface area contributed by atoms with Crippen LogP contribution in [0.15, 0.2) is 70.9 Å². The van der Waals surface area contributed by atoms with Crippen LogP contribution in [0.1, 0.15) is 43.4 Å². The molecule has 0 spiro atoms. The van der Waals surface area contributed by atoms with E-state index in [2.05, 4.69) is 15.2 Å². The number of nitrogens with zero attached hydrogens (tertiary/aromatic N) is 3. The summed E-state index contributed by atoms with van der Waals surface area (Å²) in [4.78, 5) is 47.0. The SMILES string of the molecule is COC(=O)C1=C(C)N=C(OC)N(C(=O)NCCCN2CCC(C(=O)OC)(c3ccccc3)CC2)C1c1ccc(F)cc1. The summed E-state index contributed by atoms with van der Waals surface area (Å²) in [5, 5.41) is 2.91. The number of ether oxygens (including phenoxy) is 3. The van der Waals surface area contributed by atoms with Gasteiger partial charge in [-0.1, -0.05) is 42.5 Å². The number of rotatable bonds is 8. The van der Waals surface area contributed by atoms with Gasteiger partial charge in [0, 0.05) is 6.54 Å². The Morgan fingerprint density at radius 2 is 1.67 bits per heavy atom. The zero-order chi connectivity index (χ0) is 30.3. The molecule has 10 nitrogen and oxygen atoms in total. The van der Waals surface area contributed by atoms with E-state index >= 15 is 0 Å². The van der Waals surface area contributed by atoms with Crippen LogP contribution < -0.4 is 5.32 Å². The minimum atomic E-state index is -0.933. The van der Waals surface area contributed by atoms with Crippen molar-refractivity contribution in [1.82, 2.24) is 15.1 Å². The standard InChI is InChI=1S/C31H37FN4O6/c1-21-25(27(37)40-2)26(22-11-13-24(32)14-12-22)36(30(34-21)42-4)29(39)33-17-8-18-35-19-15-31(16-20-35,28(38)41-3)23-9-6-5-7-10-23/h5-7,9-14,26H,8,15-20H2,1-4H3,(H,33,39). The van der Waals surface area contributed by atoms with E-state index in [4.69, 9.17) is 14.2 Å². The Morgan fingerprint density at radius 1 is 1.00 bits per heavy atom. The highest BCUT2D eigenvalue weighted by Gasteiger charge is 2.44. The molecule has 2 aromatic rings. The van der Waals surface area contributed by atoms with Crippen LogP contribution >= 0.6 is 0 Å². The third-order valence-electron chi connectivity index (χ3n) is 7.92. The molecule has 1 unspecified atom stereocenters. The van der Waals surface area contributed by atoms with Gasteiger partial charge in [0.25, 0.3) is 0 Å². The number of amidine groups is 1. The minimum absolute atomic E-state index is 0.00284. The van der Waals surface area contributed by atoms with Gasteiger partial charge >= 0.3 is 24.0 Å². The van der Waals surface area contributed by atoms with Crippen LogP contribution in [0.2, 0.25) is 0 Å². The molecule has 1 atom stereocenters. The summed E-state index contributed by atoms with van der Waals surface area (Å²) < 4.78 is 29.3. The summed E-state index contributed by atoms with van der Waals surface area (Å²) >= 11 is 0. The molecule has 2 aliphatic rings. The Kier molecular flexibility index (Phi) is 9.95. The first-order valence-electron chi connectivity index (χ1n) is 13.9. The maximum absolute atomic E-state index is 13.7. The molecule has 42 heavy (non-hydrogen) atoms. The lowest BCUT2D eigenvalue weighted by molar-refractivity contribution is -0.149. The number of esters is 2. The molecule has 0 radical (unpaired) electrons. The van der Waals surface area contributed by atoms with Crippen LogP contribution in [-0.4, -0.2) is 81.3 Å². The molecule has 2 aromatic carbocycles. The third kappa shape index (κ3) is 6.30. The Balaban J connectivity index is 1.41. The number of halogens is 1. The molecule has 4 rings (SSSR count). The fourth-order valence-corrected chi connectivity index (χ4v) is 5.68. The van der Waals surface area contributed by atoms with Crippen molar-refractivity contribution in [2.24, 2.45) is 4.99 Å². The van der Waals surface area contributed by atoms with Crippen molar-refractivity contribution in [2.45, 2.75) is 37.6 Å². The zero-order valence-electron chi connectivity index (χ0n) is 24.4. The van der Waals surface area contributed by atoms with Gasteiger partial charge in [-0.15, -0.1) is 0 Å². The number of benzene rings is 2. The van der Waals surface area contributed by atoms with Gasteiger partial charge in [0.1, 0.15) is 11.9 Å². The van der Waals surface area contributed by atoms with Gasteiger partial charge < -0.3 is 24.4 Å². The smallest absolute Gasteiger partial charge is 0.338 e. The zero-order valence-corrected chi connectivity index (χ0v) is 24.4. The monoisotopic (exact) mass is 580 g/mol. The van der Waals surface area contributed by atoms with E-state index in [0.29, 0.717) is 56.7 Å². The normalized spacial score (nSPS) is 18.6. The molecule has 0 aromatic heterocycles. The first-order valence-corrected chi connectivity index (χ1v) is 13.9. The van der Waals surface area contributed by atoms with E-state index in [1.54, 1.807) is 6.92 Å².